The second kappa shape index (κ2) is 5.19. The van der Waals surface area contributed by atoms with Crippen molar-refractivity contribution >= 4 is 12.0 Å². The van der Waals surface area contributed by atoms with Crippen molar-refractivity contribution in [3.05, 3.63) is 41.6 Å². The highest BCUT2D eigenvalue weighted by molar-refractivity contribution is 5.74. The summed E-state index contributed by atoms with van der Waals surface area (Å²) >= 11 is 0. The molecule has 1 rings (SSSR count). The number of nitrogens with one attached hydrogen (secondary N) is 1. The first-order chi connectivity index (χ1) is 6.72. The van der Waals surface area contributed by atoms with E-state index >= 15 is 0 Å². The van der Waals surface area contributed by atoms with Gasteiger partial charge in [0.15, 0.2) is 0 Å². The zero-order chi connectivity index (χ0) is 10.4. The molecule has 1 aromatic carbocycles. The van der Waals surface area contributed by atoms with Gasteiger partial charge in [0.25, 0.3) is 0 Å². The van der Waals surface area contributed by atoms with E-state index in [1.807, 2.05) is 24.3 Å². The quantitative estimate of drug-likeness (QED) is 0.756. The minimum atomic E-state index is -0.0896. The predicted molar refractivity (Wildman–Crippen MR) is 55.2 cm³/mol. The van der Waals surface area contributed by atoms with Crippen LogP contribution < -0.4 is 5.32 Å². The number of aliphatic hydroxyl groups is 1. The van der Waals surface area contributed by atoms with Crippen LogP contribution >= 0.6 is 0 Å². The Bertz CT molecular complexity index is 328. The SMILES string of the molecule is CC(=O)N/C=C/c1ccc(CO)cc1. The van der Waals surface area contributed by atoms with Crippen LogP contribution in [-0.4, -0.2) is 11.0 Å². The highest BCUT2D eigenvalue weighted by Crippen LogP contribution is 2.05. The first-order valence-electron chi connectivity index (χ1n) is 4.36. The number of hydrogen-bond donors (Lipinski definition) is 2. The normalized spacial score (nSPS) is 10.4. The second-order valence-corrected chi connectivity index (χ2v) is 2.93. The fourth-order valence-electron chi connectivity index (χ4n) is 0.989. The van der Waals surface area contributed by atoms with Crippen LogP contribution in [0.3, 0.4) is 0 Å². The third kappa shape index (κ3) is 3.41. The number of aliphatic hydroxyl groups excluding tert-OH is 1. The molecule has 0 aliphatic carbocycles. The largest absolute Gasteiger partial charge is 0.392 e. The molecule has 3 heteroatoms. The maximum absolute atomic E-state index is 10.5. The van der Waals surface area contributed by atoms with Crippen molar-refractivity contribution in [3.8, 4) is 0 Å². The molecule has 0 radical (unpaired) electrons. The Hall–Kier alpha value is -1.61. The number of rotatable bonds is 3. The van der Waals surface area contributed by atoms with Gasteiger partial charge in [0, 0.05) is 13.1 Å². The first kappa shape index (κ1) is 10.5. The Morgan fingerprint density at radius 1 is 1.43 bits per heavy atom. The Morgan fingerprint density at radius 2 is 2.07 bits per heavy atom. The standard InChI is InChI=1S/C11H13NO2/c1-9(14)12-7-6-10-2-4-11(8-13)5-3-10/h2-7,13H,8H2,1H3,(H,12,14)/b7-6+. The van der Waals surface area contributed by atoms with Gasteiger partial charge >= 0.3 is 0 Å². The van der Waals surface area contributed by atoms with Gasteiger partial charge in [-0.2, -0.15) is 0 Å². The average molecular weight is 191 g/mol. The number of carbonyl (C=O) groups is 1. The van der Waals surface area contributed by atoms with E-state index in [4.69, 9.17) is 5.11 Å². The van der Waals surface area contributed by atoms with Crippen molar-refractivity contribution in [2.45, 2.75) is 13.5 Å². The smallest absolute Gasteiger partial charge is 0.220 e. The van der Waals surface area contributed by atoms with Gasteiger partial charge in [0.2, 0.25) is 5.91 Å². The van der Waals surface area contributed by atoms with Crippen molar-refractivity contribution in [3.63, 3.8) is 0 Å². The van der Waals surface area contributed by atoms with Crippen molar-refractivity contribution in [2.24, 2.45) is 0 Å². The lowest BCUT2D eigenvalue weighted by atomic mass is 10.1. The highest BCUT2D eigenvalue weighted by Gasteiger charge is 1.89. The lowest BCUT2D eigenvalue weighted by Gasteiger charge is -1.97. The van der Waals surface area contributed by atoms with Gasteiger partial charge in [0.05, 0.1) is 6.61 Å². The molecule has 0 aliphatic heterocycles. The molecule has 0 saturated heterocycles. The van der Waals surface area contributed by atoms with Crippen LogP contribution in [0, 0.1) is 0 Å². The van der Waals surface area contributed by atoms with E-state index in [0.29, 0.717) is 0 Å². The van der Waals surface area contributed by atoms with E-state index in [0.717, 1.165) is 11.1 Å². The maximum Gasteiger partial charge on any atom is 0.220 e. The molecule has 3 nitrogen and oxygen atoms in total. The number of hydrogen-bond acceptors (Lipinski definition) is 2. The van der Waals surface area contributed by atoms with Crippen LogP contribution in [0.4, 0.5) is 0 Å². The lowest BCUT2D eigenvalue weighted by Crippen LogP contribution is -2.10. The van der Waals surface area contributed by atoms with Gasteiger partial charge in [-0.1, -0.05) is 24.3 Å². The van der Waals surface area contributed by atoms with Gasteiger partial charge < -0.3 is 10.4 Å². The highest BCUT2D eigenvalue weighted by atomic mass is 16.3. The van der Waals surface area contributed by atoms with Gasteiger partial charge in [-0.05, 0) is 17.2 Å². The van der Waals surface area contributed by atoms with Crippen LogP contribution in [0.15, 0.2) is 30.5 Å². The summed E-state index contributed by atoms with van der Waals surface area (Å²) in [6.45, 7) is 1.51. The Morgan fingerprint density at radius 3 is 2.57 bits per heavy atom. The molecular weight excluding hydrogens is 178 g/mol. The summed E-state index contributed by atoms with van der Waals surface area (Å²) in [7, 11) is 0. The molecule has 0 aromatic heterocycles. The van der Waals surface area contributed by atoms with E-state index in [1.165, 1.54) is 6.92 Å². The van der Waals surface area contributed by atoms with Crippen molar-refractivity contribution < 1.29 is 9.90 Å². The molecule has 0 heterocycles. The van der Waals surface area contributed by atoms with Crippen molar-refractivity contribution in [1.82, 2.24) is 5.32 Å². The molecule has 0 unspecified atom stereocenters. The number of carbonyl (C=O) groups excluding carboxylic acids is 1. The van der Waals surface area contributed by atoms with Gasteiger partial charge in [-0.25, -0.2) is 0 Å². The average Bonchev–Trinajstić information content (AvgIpc) is 2.18. The fourth-order valence-corrected chi connectivity index (χ4v) is 0.989. The maximum atomic E-state index is 10.5. The number of amides is 1. The minimum Gasteiger partial charge on any atom is -0.392 e. The van der Waals surface area contributed by atoms with Crippen molar-refractivity contribution in [2.75, 3.05) is 0 Å². The topological polar surface area (TPSA) is 49.3 Å². The van der Waals surface area contributed by atoms with Crippen molar-refractivity contribution in [1.29, 1.82) is 0 Å². The van der Waals surface area contributed by atoms with Gasteiger partial charge in [-0.3, -0.25) is 4.79 Å². The van der Waals surface area contributed by atoms with E-state index in [9.17, 15) is 4.79 Å². The molecule has 2 N–H and O–H groups in total. The molecule has 0 saturated carbocycles. The van der Waals surface area contributed by atoms with E-state index in [1.54, 1.807) is 12.3 Å². The Kier molecular flexibility index (Phi) is 3.88. The molecule has 0 atom stereocenters. The van der Waals surface area contributed by atoms with Gasteiger partial charge in [0.1, 0.15) is 0 Å². The second-order valence-electron chi connectivity index (χ2n) is 2.93. The summed E-state index contributed by atoms with van der Waals surface area (Å²) < 4.78 is 0. The summed E-state index contributed by atoms with van der Waals surface area (Å²) in [5, 5.41) is 11.4. The zero-order valence-electron chi connectivity index (χ0n) is 8.03. The molecule has 0 aliphatic rings. The molecule has 14 heavy (non-hydrogen) atoms. The monoisotopic (exact) mass is 191 g/mol. The lowest BCUT2D eigenvalue weighted by molar-refractivity contribution is -0.118. The van der Waals surface area contributed by atoms with Crippen LogP contribution in [0.1, 0.15) is 18.1 Å². The molecule has 74 valence electrons. The summed E-state index contributed by atoms with van der Waals surface area (Å²) in [6.07, 6.45) is 3.39. The molecule has 1 amide bonds. The zero-order valence-corrected chi connectivity index (χ0v) is 8.03. The van der Waals surface area contributed by atoms with Crippen LogP contribution in [-0.2, 0) is 11.4 Å². The van der Waals surface area contributed by atoms with Crippen LogP contribution in [0.5, 0.6) is 0 Å². The van der Waals surface area contributed by atoms with E-state index in [2.05, 4.69) is 5.32 Å². The minimum absolute atomic E-state index is 0.0513. The summed E-state index contributed by atoms with van der Waals surface area (Å²) in [5.74, 6) is -0.0896. The molecule has 0 spiro atoms. The molecule has 0 bridgehead atoms. The summed E-state index contributed by atoms with van der Waals surface area (Å²) in [6, 6.07) is 7.44. The summed E-state index contributed by atoms with van der Waals surface area (Å²) in [5.41, 5.74) is 1.86. The molecule has 1 aromatic rings. The molecule has 0 fully saturated rings. The predicted octanol–water partition coefficient (Wildman–Crippen LogP) is 1.29. The summed E-state index contributed by atoms with van der Waals surface area (Å²) in [4.78, 5) is 10.5. The Labute approximate surface area is 83.1 Å². The van der Waals surface area contributed by atoms with Gasteiger partial charge in [-0.15, -0.1) is 0 Å². The van der Waals surface area contributed by atoms with E-state index in [-0.39, 0.29) is 12.5 Å². The first-order valence-corrected chi connectivity index (χ1v) is 4.36. The molecular formula is C11H13NO2. The van der Waals surface area contributed by atoms with Crippen LogP contribution in [0.2, 0.25) is 0 Å². The van der Waals surface area contributed by atoms with E-state index < -0.39 is 0 Å². The van der Waals surface area contributed by atoms with Crippen LogP contribution in [0.25, 0.3) is 6.08 Å². The fraction of sp³-hybridized carbons (Fsp3) is 0.182. The number of benzene rings is 1. The Balaban J connectivity index is 2.59. The third-order valence-electron chi connectivity index (χ3n) is 1.72. The third-order valence-corrected chi connectivity index (χ3v) is 1.72.